The van der Waals surface area contributed by atoms with Gasteiger partial charge in [0.1, 0.15) is 0 Å². The van der Waals surface area contributed by atoms with Crippen molar-refractivity contribution in [1.82, 2.24) is 4.90 Å². The number of carbonyl (C=O) groups is 1. The molecule has 0 radical (unpaired) electrons. The standard InChI is InChI=1S/C26H35NO3Si/c1-6-13-21-20-22(18-19-27(21)25(28)29-5)30-31(26(2,3)4,23-14-9-7-10-15-23)24-16-11-8-12-17-24/h6-12,14-17,21-22H,1,13,18-20H2,2-5H3/t21-,22-/m1/s1. The molecule has 3 rings (SSSR count). The third-order valence-electron chi connectivity index (χ3n) is 6.28. The molecule has 1 heterocycles. The van der Waals surface area contributed by atoms with Crippen molar-refractivity contribution in [2.24, 2.45) is 0 Å². The van der Waals surface area contributed by atoms with Gasteiger partial charge < -0.3 is 14.1 Å². The Kier molecular flexibility index (Phi) is 7.39. The van der Waals surface area contributed by atoms with Crippen LogP contribution in [-0.4, -0.2) is 45.1 Å². The summed E-state index contributed by atoms with van der Waals surface area (Å²) >= 11 is 0. The maximum atomic E-state index is 12.3. The van der Waals surface area contributed by atoms with E-state index in [9.17, 15) is 4.79 Å². The minimum absolute atomic E-state index is 0.0434. The van der Waals surface area contributed by atoms with Gasteiger partial charge in [0.25, 0.3) is 8.32 Å². The second-order valence-corrected chi connectivity index (χ2v) is 13.5. The third kappa shape index (κ3) is 4.78. The Balaban J connectivity index is 2.02. The van der Waals surface area contributed by atoms with Gasteiger partial charge in [-0.25, -0.2) is 4.79 Å². The topological polar surface area (TPSA) is 38.8 Å². The molecule has 0 bridgehead atoms. The van der Waals surface area contributed by atoms with E-state index in [1.54, 1.807) is 0 Å². The number of hydrogen-bond donors (Lipinski definition) is 0. The van der Waals surface area contributed by atoms with Crippen LogP contribution in [0, 0.1) is 0 Å². The molecule has 1 saturated heterocycles. The highest BCUT2D eigenvalue weighted by Crippen LogP contribution is 2.39. The highest BCUT2D eigenvalue weighted by Gasteiger charge is 2.52. The van der Waals surface area contributed by atoms with Crippen LogP contribution < -0.4 is 10.4 Å². The molecule has 2 atom stereocenters. The lowest BCUT2D eigenvalue weighted by Gasteiger charge is -2.47. The molecule has 0 saturated carbocycles. The predicted octanol–water partition coefficient (Wildman–Crippen LogP) is 4.74. The normalized spacial score (nSPS) is 19.7. The van der Waals surface area contributed by atoms with Gasteiger partial charge in [-0.3, -0.25) is 0 Å². The van der Waals surface area contributed by atoms with Crippen LogP contribution in [0.3, 0.4) is 0 Å². The zero-order valence-electron chi connectivity index (χ0n) is 19.2. The SMILES string of the molecule is C=CC[C@@H]1C[C@H](O[Si](c2ccccc2)(c2ccccc2)C(C)(C)C)CCN1C(=O)OC. The van der Waals surface area contributed by atoms with Crippen molar-refractivity contribution in [2.45, 2.75) is 57.2 Å². The van der Waals surface area contributed by atoms with Gasteiger partial charge in [0.2, 0.25) is 0 Å². The fourth-order valence-electron chi connectivity index (χ4n) is 4.84. The van der Waals surface area contributed by atoms with Gasteiger partial charge >= 0.3 is 6.09 Å². The van der Waals surface area contributed by atoms with Crippen molar-refractivity contribution < 1.29 is 14.0 Å². The Bertz CT molecular complexity index is 824. The fraction of sp³-hybridized carbons (Fsp3) is 0.423. The van der Waals surface area contributed by atoms with E-state index in [0.717, 1.165) is 19.3 Å². The Morgan fingerprint density at radius 3 is 2.10 bits per heavy atom. The fourth-order valence-corrected chi connectivity index (χ4v) is 9.56. The van der Waals surface area contributed by atoms with E-state index in [-0.39, 0.29) is 23.3 Å². The molecule has 0 aliphatic carbocycles. The molecule has 5 heteroatoms. The maximum absolute atomic E-state index is 12.3. The number of amides is 1. The Morgan fingerprint density at radius 1 is 1.10 bits per heavy atom. The van der Waals surface area contributed by atoms with Gasteiger partial charge in [0, 0.05) is 18.7 Å². The van der Waals surface area contributed by atoms with Crippen molar-refractivity contribution in [3.63, 3.8) is 0 Å². The molecule has 4 nitrogen and oxygen atoms in total. The van der Waals surface area contributed by atoms with Crippen molar-refractivity contribution in [2.75, 3.05) is 13.7 Å². The van der Waals surface area contributed by atoms with E-state index in [1.165, 1.54) is 17.5 Å². The summed E-state index contributed by atoms with van der Waals surface area (Å²) in [6.45, 7) is 11.4. The number of piperidine rings is 1. The minimum atomic E-state index is -2.61. The number of rotatable bonds is 6. The number of methoxy groups -OCH3 is 1. The third-order valence-corrected chi connectivity index (χ3v) is 11.4. The Morgan fingerprint density at radius 2 is 1.65 bits per heavy atom. The van der Waals surface area contributed by atoms with Crippen LogP contribution in [-0.2, 0) is 9.16 Å². The van der Waals surface area contributed by atoms with Crippen LogP contribution in [0.4, 0.5) is 4.79 Å². The smallest absolute Gasteiger partial charge is 0.409 e. The summed E-state index contributed by atoms with van der Waals surface area (Å²) in [5.41, 5.74) is 0. The van der Waals surface area contributed by atoms with E-state index in [2.05, 4.69) is 88.0 Å². The number of carbonyl (C=O) groups excluding carboxylic acids is 1. The van der Waals surface area contributed by atoms with Crippen LogP contribution in [0.25, 0.3) is 0 Å². The van der Waals surface area contributed by atoms with Crippen molar-refractivity contribution in [3.8, 4) is 0 Å². The predicted molar refractivity (Wildman–Crippen MR) is 129 cm³/mol. The number of benzene rings is 2. The highest BCUT2D eigenvalue weighted by atomic mass is 28.4. The molecule has 2 aromatic carbocycles. The first-order valence-electron chi connectivity index (χ1n) is 11.1. The van der Waals surface area contributed by atoms with Gasteiger partial charge in [0.05, 0.1) is 7.11 Å². The number of nitrogens with zero attached hydrogens (tertiary/aromatic N) is 1. The summed E-state index contributed by atoms with van der Waals surface area (Å²) in [6.07, 6.45) is 3.99. The van der Waals surface area contributed by atoms with Crippen LogP contribution in [0.5, 0.6) is 0 Å². The average Bonchev–Trinajstić information content (AvgIpc) is 2.77. The number of likely N-dealkylation sites (tertiary alicyclic amines) is 1. The van der Waals surface area contributed by atoms with Crippen LogP contribution >= 0.6 is 0 Å². The van der Waals surface area contributed by atoms with Crippen molar-refractivity contribution >= 4 is 24.8 Å². The van der Waals surface area contributed by atoms with E-state index in [0.29, 0.717) is 6.54 Å². The maximum Gasteiger partial charge on any atom is 0.409 e. The first kappa shape index (κ1) is 23.3. The average molecular weight is 438 g/mol. The summed E-state index contributed by atoms with van der Waals surface area (Å²) in [5.74, 6) is 0. The minimum Gasteiger partial charge on any atom is -0.453 e. The molecule has 0 aromatic heterocycles. The zero-order valence-corrected chi connectivity index (χ0v) is 20.2. The number of hydrogen-bond acceptors (Lipinski definition) is 3. The van der Waals surface area contributed by atoms with E-state index >= 15 is 0 Å². The molecule has 1 aliphatic rings. The van der Waals surface area contributed by atoms with Gasteiger partial charge in [0.15, 0.2) is 0 Å². The molecule has 166 valence electrons. The largest absolute Gasteiger partial charge is 0.453 e. The molecule has 0 spiro atoms. The summed E-state index contributed by atoms with van der Waals surface area (Å²) in [4.78, 5) is 14.1. The quantitative estimate of drug-likeness (QED) is 0.484. The molecule has 1 fully saturated rings. The zero-order chi connectivity index (χ0) is 22.5. The molecule has 31 heavy (non-hydrogen) atoms. The lowest BCUT2D eigenvalue weighted by Crippen LogP contribution is -2.68. The van der Waals surface area contributed by atoms with Crippen LogP contribution in [0.2, 0.25) is 5.04 Å². The van der Waals surface area contributed by atoms with E-state index in [4.69, 9.17) is 9.16 Å². The summed E-state index contributed by atoms with van der Waals surface area (Å²) in [6, 6.07) is 21.5. The van der Waals surface area contributed by atoms with E-state index < -0.39 is 8.32 Å². The molecule has 0 unspecified atom stereocenters. The second kappa shape index (κ2) is 9.84. The lowest BCUT2D eigenvalue weighted by atomic mass is 9.97. The summed E-state index contributed by atoms with van der Waals surface area (Å²) in [5, 5.41) is 2.50. The van der Waals surface area contributed by atoms with Gasteiger partial charge in [-0.1, -0.05) is 87.5 Å². The monoisotopic (exact) mass is 437 g/mol. The molecular weight excluding hydrogens is 402 g/mol. The molecule has 1 amide bonds. The summed E-state index contributed by atoms with van der Waals surface area (Å²) in [7, 11) is -1.16. The lowest BCUT2D eigenvalue weighted by molar-refractivity contribution is 0.0435. The van der Waals surface area contributed by atoms with E-state index in [1.807, 2.05) is 11.0 Å². The van der Waals surface area contributed by atoms with Crippen LogP contribution in [0.1, 0.15) is 40.0 Å². The number of ether oxygens (including phenoxy) is 1. The van der Waals surface area contributed by atoms with Crippen molar-refractivity contribution in [3.05, 3.63) is 73.3 Å². The van der Waals surface area contributed by atoms with Crippen molar-refractivity contribution in [1.29, 1.82) is 0 Å². The Labute approximate surface area is 188 Å². The van der Waals surface area contributed by atoms with Crippen LogP contribution in [0.15, 0.2) is 73.3 Å². The molecule has 0 N–H and O–H groups in total. The van der Waals surface area contributed by atoms with Gasteiger partial charge in [-0.2, -0.15) is 0 Å². The second-order valence-electron chi connectivity index (χ2n) is 9.27. The first-order valence-corrected chi connectivity index (χ1v) is 13.0. The van der Waals surface area contributed by atoms with Gasteiger partial charge in [-0.15, -0.1) is 6.58 Å². The Hall–Kier alpha value is -2.37. The highest BCUT2D eigenvalue weighted by molar-refractivity contribution is 6.99. The molecule has 2 aromatic rings. The summed E-state index contributed by atoms with van der Waals surface area (Å²) < 4.78 is 12.3. The first-order chi connectivity index (χ1) is 14.8. The van der Waals surface area contributed by atoms with Gasteiger partial charge in [-0.05, 0) is 34.7 Å². The molecular formula is C26H35NO3Si. The molecule has 1 aliphatic heterocycles.